The van der Waals surface area contributed by atoms with Crippen LogP contribution in [0.3, 0.4) is 0 Å². The zero-order valence-corrected chi connectivity index (χ0v) is 13.5. The lowest BCUT2D eigenvalue weighted by molar-refractivity contribution is 0.391. The van der Waals surface area contributed by atoms with E-state index in [1.807, 2.05) is 31.2 Å². The Morgan fingerprint density at radius 2 is 1.50 bits per heavy atom. The fraction of sp³-hybridized carbons (Fsp3) is 0.333. The average Bonchev–Trinajstić information content (AvgIpc) is 2.55. The maximum absolute atomic E-state index is 9.96. The van der Waals surface area contributed by atoms with E-state index < -0.39 is 0 Å². The lowest BCUT2D eigenvalue weighted by atomic mass is 9.99. The predicted molar refractivity (Wildman–Crippen MR) is 86.3 cm³/mol. The van der Waals surface area contributed by atoms with E-state index in [1.54, 1.807) is 27.4 Å². The normalized spacial score (nSPS) is 10.4. The van der Waals surface area contributed by atoms with E-state index in [4.69, 9.17) is 14.2 Å². The predicted octanol–water partition coefficient (Wildman–Crippen LogP) is 3.51. The first-order valence-corrected chi connectivity index (χ1v) is 7.16. The molecule has 2 rings (SSSR count). The first-order chi connectivity index (χ1) is 10.6. The molecule has 0 aliphatic heterocycles. The van der Waals surface area contributed by atoms with Gasteiger partial charge in [-0.2, -0.15) is 0 Å². The molecule has 22 heavy (non-hydrogen) atoms. The van der Waals surface area contributed by atoms with Gasteiger partial charge in [0.1, 0.15) is 23.0 Å². The van der Waals surface area contributed by atoms with Crippen LogP contribution in [0.4, 0.5) is 0 Å². The van der Waals surface area contributed by atoms with Crippen molar-refractivity contribution in [3.8, 4) is 23.0 Å². The van der Waals surface area contributed by atoms with Gasteiger partial charge in [-0.15, -0.1) is 0 Å². The van der Waals surface area contributed by atoms with Gasteiger partial charge in [0.2, 0.25) is 0 Å². The molecule has 0 aromatic heterocycles. The highest BCUT2D eigenvalue weighted by atomic mass is 16.5. The summed E-state index contributed by atoms with van der Waals surface area (Å²) < 4.78 is 15.8. The van der Waals surface area contributed by atoms with E-state index in [2.05, 4.69) is 0 Å². The van der Waals surface area contributed by atoms with Crippen molar-refractivity contribution in [2.24, 2.45) is 0 Å². The highest BCUT2D eigenvalue weighted by Gasteiger charge is 2.10. The molecule has 0 unspecified atom stereocenters. The minimum atomic E-state index is 0.260. The number of aryl methyl sites for hydroxylation is 2. The molecule has 0 saturated carbocycles. The molecule has 2 aromatic rings. The number of benzene rings is 2. The van der Waals surface area contributed by atoms with Gasteiger partial charge in [0.15, 0.2) is 0 Å². The monoisotopic (exact) mass is 302 g/mol. The summed E-state index contributed by atoms with van der Waals surface area (Å²) >= 11 is 0. The standard InChI is InChI=1S/C18H22O4/c1-12-14(9-16(21-3)10-17(12)19)6-5-13-7-8-15(20-2)11-18(13)22-4/h7-11,19H,5-6H2,1-4H3. The third kappa shape index (κ3) is 3.45. The minimum Gasteiger partial charge on any atom is -0.508 e. The van der Waals surface area contributed by atoms with Crippen LogP contribution in [-0.2, 0) is 12.8 Å². The van der Waals surface area contributed by atoms with E-state index in [9.17, 15) is 5.11 Å². The Balaban J connectivity index is 2.21. The van der Waals surface area contributed by atoms with E-state index >= 15 is 0 Å². The fourth-order valence-corrected chi connectivity index (χ4v) is 2.43. The third-order valence-corrected chi connectivity index (χ3v) is 3.85. The molecule has 0 saturated heterocycles. The van der Waals surface area contributed by atoms with Crippen LogP contribution in [0.1, 0.15) is 16.7 Å². The van der Waals surface area contributed by atoms with Crippen molar-refractivity contribution in [1.82, 2.24) is 0 Å². The summed E-state index contributed by atoms with van der Waals surface area (Å²) in [6.07, 6.45) is 1.60. The Kier molecular flexibility index (Phi) is 5.15. The number of ether oxygens (including phenoxy) is 3. The topological polar surface area (TPSA) is 47.9 Å². The van der Waals surface area contributed by atoms with Gasteiger partial charge in [0, 0.05) is 12.1 Å². The molecule has 4 nitrogen and oxygen atoms in total. The van der Waals surface area contributed by atoms with Gasteiger partial charge in [-0.05, 0) is 48.6 Å². The lowest BCUT2D eigenvalue weighted by Crippen LogP contribution is -1.99. The Labute approximate surface area is 131 Å². The number of aromatic hydroxyl groups is 1. The van der Waals surface area contributed by atoms with Crippen LogP contribution < -0.4 is 14.2 Å². The first kappa shape index (κ1) is 16.0. The SMILES string of the molecule is COc1cc(O)c(C)c(CCc2ccc(OC)cc2OC)c1. The van der Waals surface area contributed by atoms with Crippen molar-refractivity contribution in [3.05, 3.63) is 47.0 Å². The molecule has 1 N–H and O–H groups in total. The molecule has 0 spiro atoms. The summed E-state index contributed by atoms with van der Waals surface area (Å²) in [5.41, 5.74) is 3.05. The molecule has 4 heteroatoms. The van der Waals surface area contributed by atoms with Crippen LogP contribution in [-0.4, -0.2) is 26.4 Å². The number of rotatable bonds is 6. The van der Waals surface area contributed by atoms with Crippen LogP contribution in [0.15, 0.2) is 30.3 Å². The summed E-state index contributed by atoms with van der Waals surface area (Å²) in [5, 5.41) is 9.96. The summed E-state index contributed by atoms with van der Waals surface area (Å²) in [5.74, 6) is 2.51. The van der Waals surface area contributed by atoms with Gasteiger partial charge in [0.25, 0.3) is 0 Å². The van der Waals surface area contributed by atoms with Crippen molar-refractivity contribution in [2.45, 2.75) is 19.8 Å². The maximum atomic E-state index is 9.96. The highest BCUT2D eigenvalue weighted by molar-refractivity contribution is 5.46. The second-order valence-electron chi connectivity index (χ2n) is 5.11. The van der Waals surface area contributed by atoms with Crippen molar-refractivity contribution in [3.63, 3.8) is 0 Å². The van der Waals surface area contributed by atoms with E-state index in [0.717, 1.165) is 41.0 Å². The van der Waals surface area contributed by atoms with Crippen molar-refractivity contribution in [1.29, 1.82) is 0 Å². The quantitative estimate of drug-likeness (QED) is 0.887. The molecular weight excluding hydrogens is 280 g/mol. The van der Waals surface area contributed by atoms with Crippen LogP contribution in [0.25, 0.3) is 0 Å². The van der Waals surface area contributed by atoms with Gasteiger partial charge in [0.05, 0.1) is 21.3 Å². The van der Waals surface area contributed by atoms with E-state index in [0.29, 0.717) is 5.75 Å². The van der Waals surface area contributed by atoms with Crippen LogP contribution >= 0.6 is 0 Å². The smallest absolute Gasteiger partial charge is 0.125 e. The first-order valence-electron chi connectivity index (χ1n) is 7.16. The molecule has 0 bridgehead atoms. The maximum Gasteiger partial charge on any atom is 0.125 e. The molecule has 0 amide bonds. The second-order valence-corrected chi connectivity index (χ2v) is 5.11. The Morgan fingerprint density at radius 3 is 2.14 bits per heavy atom. The Bertz CT molecular complexity index is 650. The van der Waals surface area contributed by atoms with Crippen LogP contribution in [0, 0.1) is 6.92 Å². The largest absolute Gasteiger partial charge is 0.508 e. The fourth-order valence-electron chi connectivity index (χ4n) is 2.43. The van der Waals surface area contributed by atoms with Gasteiger partial charge in [-0.25, -0.2) is 0 Å². The molecule has 0 fully saturated rings. The number of phenolic OH excluding ortho intramolecular Hbond substituents is 1. The number of methoxy groups -OCH3 is 3. The third-order valence-electron chi connectivity index (χ3n) is 3.85. The Hall–Kier alpha value is -2.36. The van der Waals surface area contributed by atoms with Gasteiger partial charge < -0.3 is 19.3 Å². The summed E-state index contributed by atoms with van der Waals surface area (Å²) in [6.45, 7) is 1.91. The summed E-state index contributed by atoms with van der Waals surface area (Å²) in [4.78, 5) is 0. The van der Waals surface area contributed by atoms with Gasteiger partial charge in [-0.3, -0.25) is 0 Å². The molecule has 0 atom stereocenters. The molecule has 118 valence electrons. The van der Waals surface area contributed by atoms with Crippen LogP contribution in [0.2, 0.25) is 0 Å². The second kappa shape index (κ2) is 7.07. The van der Waals surface area contributed by atoms with E-state index in [-0.39, 0.29) is 5.75 Å². The zero-order valence-electron chi connectivity index (χ0n) is 13.5. The minimum absolute atomic E-state index is 0.260. The molecule has 0 radical (unpaired) electrons. The van der Waals surface area contributed by atoms with Gasteiger partial charge >= 0.3 is 0 Å². The highest BCUT2D eigenvalue weighted by Crippen LogP contribution is 2.30. The summed E-state index contributed by atoms with van der Waals surface area (Å²) in [6, 6.07) is 9.41. The molecule has 0 aliphatic rings. The Morgan fingerprint density at radius 1 is 0.818 bits per heavy atom. The van der Waals surface area contributed by atoms with Crippen molar-refractivity contribution < 1.29 is 19.3 Å². The summed E-state index contributed by atoms with van der Waals surface area (Å²) in [7, 11) is 4.89. The molecular formula is C18H22O4. The number of phenols is 1. The van der Waals surface area contributed by atoms with E-state index in [1.165, 1.54) is 0 Å². The number of hydrogen-bond donors (Lipinski definition) is 1. The molecule has 2 aromatic carbocycles. The van der Waals surface area contributed by atoms with Crippen molar-refractivity contribution >= 4 is 0 Å². The van der Waals surface area contributed by atoms with Crippen molar-refractivity contribution in [2.75, 3.05) is 21.3 Å². The average molecular weight is 302 g/mol. The number of hydrogen-bond acceptors (Lipinski definition) is 4. The molecule has 0 heterocycles. The van der Waals surface area contributed by atoms with Gasteiger partial charge in [-0.1, -0.05) is 6.07 Å². The van der Waals surface area contributed by atoms with Crippen LogP contribution in [0.5, 0.6) is 23.0 Å². The zero-order chi connectivity index (χ0) is 16.1. The molecule has 0 aliphatic carbocycles. The lowest BCUT2D eigenvalue weighted by Gasteiger charge is -2.13.